The number of benzene rings is 2. The van der Waals surface area contributed by atoms with Gasteiger partial charge in [0, 0.05) is 16.8 Å². The molecule has 0 bridgehead atoms. The maximum Gasteiger partial charge on any atom is 0.177 e. The summed E-state index contributed by atoms with van der Waals surface area (Å²) in [6.07, 6.45) is 0. The fraction of sp³-hybridized carbons (Fsp3) is 0.0769. The number of rotatable bonds is 1. The largest absolute Gasteiger partial charge is 0.508 e. The number of fused-ring (bicyclic) bond motifs is 3. The van der Waals surface area contributed by atoms with E-state index in [1.165, 1.54) is 0 Å². The van der Waals surface area contributed by atoms with Crippen LogP contribution in [0, 0.1) is 0 Å². The number of furan rings is 1. The number of hydrogen-bond acceptors (Lipinski definition) is 3. The molecule has 0 aliphatic rings. The molecule has 1 N–H and O–H groups in total. The fourth-order valence-electron chi connectivity index (χ4n) is 1.93. The average Bonchev–Trinajstić information content (AvgIpc) is 2.67. The van der Waals surface area contributed by atoms with Crippen molar-refractivity contribution in [2.24, 2.45) is 0 Å². The Morgan fingerprint density at radius 3 is 2.75 bits per heavy atom. The Labute approximate surface area is 91.9 Å². The Balaban J connectivity index is 2.54. The zero-order valence-corrected chi connectivity index (χ0v) is 8.73. The number of phenolic OH excluding ortho intramolecular Hbond substituents is 1. The van der Waals surface area contributed by atoms with E-state index in [1.807, 2.05) is 24.3 Å². The average molecular weight is 214 g/mol. The zero-order chi connectivity index (χ0) is 11.1. The van der Waals surface area contributed by atoms with Gasteiger partial charge in [-0.2, -0.15) is 0 Å². The van der Waals surface area contributed by atoms with Crippen LogP contribution in [-0.4, -0.2) is 12.2 Å². The van der Waals surface area contributed by atoms with E-state index in [-0.39, 0.29) is 5.75 Å². The highest BCUT2D eigenvalue weighted by molar-refractivity contribution is 6.07. The highest BCUT2D eigenvalue weighted by Gasteiger charge is 2.12. The molecule has 0 fully saturated rings. The molecule has 16 heavy (non-hydrogen) atoms. The highest BCUT2D eigenvalue weighted by Crippen LogP contribution is 2.37. The van der Waals surface area contributed by atoms with E-state index in [0.29, 0.717) is 11.3 Å². The summed E-state index contributed by atoms with van der Waals surface area (Å²) in [5, 5.41) is 11.4. The van der Waals surface area contributed by atoms with E-state index in [9.17, 15) is 5.11 Å². The molecule has 80 valence electrons. The van der Waals surface area contributed by atoms with Gasteiger partial charge in [0.15, 0.2) is 11.3 Å². The lowest BCUT2D eigenvalue weighted by atomic mass is 10.1. The molecule has 3 aromatic rings. The van der Waals surface area contributed by atoms with Crippen LogP contribution in [0.15, 0.2) is 40.8 Å². The Morgan fingerprint density at radius 2 is 1.94 bits per heavy atom. The molecule has 0 unspecified atom stereocenters. The van der Waals surface area contributed by atoms with E-state index in [4.69, 9.17) is 9.15 Å². The molecular weight excluding hydrogens is 204 g/mol. The molecule has 0 atom stereocenters. The van der Waals surface area contributed by atoms with Crippen LogP contribution in [0.4, 0.5) is 0 Å². The Bertz CT molecular complexity index is 667. The quantitative estimate of drug-likeness (QED) is 0.675. The third-order valence-electron chi connectivity index (χ3n) is 2.65. The molecule has 0 radical (unpaired) electrons. The topological polar surface area (TPSA) is 42.6 Å². The van der Waals surface area contributed by atoms with Crippen LogP contribution in [0.25, 0.3) is 21.9 Å². The molecule has 0 aliphatic heterocycles. The highest BCUT2D eigenvalue weighted by atomic mass is 16.5. The second kappa shape index (κ2) is 3.17. The first-order chi connectivity index (χ1) is 7.79. The van der Waals surface area contributed by atoms with Gasteiger partial charge in [0.25, 0.3) is 0 Å². The van der Waals surface area contributed by atoms with Crippen molar-refractivity contribution in [2.45, 2.75) is 0 Å². The fourth-order valence-corrected chi connectivity index (χ4v) is 1.93. The molecule has 3 rings (SSSR count). The lowest BCUT2D eigenvalue weighted by Gasteiger charge is -2.00. The summed E-state index contributed by atoms with van der Waals surface area (Å²) >= 11 is 0. The minimum absolute atomic E-state index is 0.177. The van der Waals surface area contributed by atoms with Crippen molar-refractivity contribution < 1.29 is 14.3 Å². The van der Waals surface area contributed by atoms with Crippen LogP contribution in [0.5, 0.6) is 11.5 Å². The summed E-state index contributed by atoms with van der Waals surface area (Å²) in [6.45, 7) is 0. The minimum Gasteiger partial charge on any atom is -0.508 e. The SMILES string of the molecule is COc1cc(O)cc2c1oc1ccccc12. The number of phenols is 1. The van der Waals surface area contributed by atoms with E-state index in [2.05, 4.69) is 0 Å². The molecule has 1 heterocycles. The van der Waals surface area contributed by atoms with Crippen molar-refractivity contribution in [3.63, 3.8) is 0 Å². The van der Waals surface area contributed by atoms with Crippen molar-refractivity contribution in [3.05, 3.63) is 36.4 Å². The number of aromatic hydroxyl groups is 1. The van der Waals surface area contributed by atoms with Gasteiger partial charge in [-0.15, -0.1) is 0 Å². The summed E-state index contributed by atoms with van der Waals surface area (Å²) in [5.41, 5.74) is 1.46. The van der Waals surface area contributed by atoms with Gasteiger partial charge in [0.2, 0.25) is 0 Å². The maximum absolute atomic E-state index is 9.60. The lowest BCUT2D eigenvalue weighted by Crippen LogP contribution is -1.82. The van der Waals surface area contributed by atoms with Crippen molar-refractivity contribution in [2.75, 3.05) is 7.11 Å². The van der Waals surface area contributed by atoms with Gasteiger partial charge in [-0.3, -0.25) is 0 Å². The van der Waals surface area contributed by atoms with Gasteiger partial charge in [0.05, 0.1) is 7.11 Å². The number of hydrogen-bond donors (Lipinski definition) is 1. The molecule has 0 aliphatic carbocycles. The van der Waals surface area contributed by atoms with Crippen LogP contribution in [-0.2, 0) is 0 Å². The van der Waals surface area contributed by atoms with E-state index >= 15 is 0 Å². The van der Waals surface area contributed by atoms with Crippen LogP contribution in [0.3, 0.4) is 0 Å². The second-order valence-electron chi connectivity index (χ2n) is 3.62. The Hall–Kier alpha value is -2.16. The zero-order valence-electron chi connectivity index (χ0n) is 8.73. The molecule has 0 spiro atoms. The summed E-state index contributed by atoms with van der Waals surface area (Å²) in [6, 6.07) is 10.9. The first-order valence-electron chi connectivity index (χ1n) is 4.98. The number of methoxy groups -OCH3 is 1. The predicted octanol–water partition coefficient (Wildman–Crippen LogP) is 3.30. The molecule has 0 amide bonds. The second-order valence-corrected chi connectivity index (χ2v) is 3.62. The van der Waals surface area contributed by atoms with Crippen molar-refractivity contribution in [3.8, 4) is 11.5 Å². The van der Waals surface area contributed by atoms with Gasteiger partial charge in [-0.25, -0.2) is 0 Å². The molecule has 3 nitrogen and oxygen atoms in total. The molecule has 0 saturated heterocycles. The van der Waals surface area contributed by atoms with Gasteiger partial charge < -0.3 is 14.3 Å². The number of para-hydroxylation sites is 1. The first kappa shape index (κ1) is 9.09. The first-order valence-corrected chi connectivity index (χ1v) is 4.98. The van der Waals surface area contributed by atoms with E-state index in [0.717, 1.165) is 16.4 Å². The van der Waals surface area contributed by atoms with Crippen molar-refractivity contribution in [1.29, 1.82) is 0 Å². The monoisotopic (exact) mass is 214 g/mol. The lowest BCUT2D eigenvalue weighted by molar-refractivity contribution is 0.405. The van der Waals surface area contributed by atoms with E-state index in [1.54, 1.807) is 19.2 Å². The minimum atomic E-state index is 0.177. The molecule has 3 heteroatoms. The van der Waals surface area contributed by atoms with Gasteiger partial charge >= 0.3 is 0 Å². The summed E-state index contributed by atoms with van der Waals surface area (Å²) < 4.78 is 10.9. The Kier molecular flexibility index (Phi) is 1.80. The van der Waals surface area contributed by atoms with Crippen molar-refractivity contribution in [1.82, 2.24) is 0 Å². The number of ether oxygens (including phenoxy) is 1. The van der Waals surface area contributed by atoms with Gasteiger partial charge in [-0.1, -0.05) is 18.2 Å². The maximum atomic E-state index is 9.60. The third kappa shape index (κ3) is 1.15. The standard InChI is InChI=1S/C13H10O3/c1-15-12-7-8(14)6-10-9-4-2-3-5-11(9)16-13(10)12/h2-7,14H,1H3. The smallest absolute Gasteiger partial charge is 0.177 e. The van der Waals surface area contributed by atoms with Crippen LogP contribution >= 0.6 is 0 Å². The van der Waals surface area contributed by atoms with Crippen LogP contribution in [0.2, 0.25) is 0 Å². The molecule has 0 saturated carbocycles. The summed E-state index contributed by atoms with van der Waals surface area (Å²) in [7, 11) is 1.56. The van der Waals surface area contributed by atoms with Crippen LogP contribution < -0.4 is 4.74 Å². The Morgan fingerprint density at radius 1 is 1.12 bits per heavy atom. The van der Waals surface area contributed by atoms with Gasteiger partial charge in [-0.05, 0) is 12.1 Å². The summed E-state index contributed by atoms with van der Waals surface area (Å²) in [4.78, 5) is 0. The summed E-state index contributed by atoms with van der Waals surface area (Å²) in [5.74, 6) is 0.724. The van der Waals surface area contributed by atoms with Gasteiger partial charge in [0.1, 0.15) is 11.3 Å². The molecule has 1 aromatic heterocycles. The predicted molar refractivity (Wildman–Crippen MR) is 61.9 cm³/mol. The third-order valence-corrected chi connectivity index (χ3v) is 2.65. The van der Waals surface area contributed by atoms with E-state index < -0.39 is 0 Å². The molecule has 2 aromatic carbocycles. The van der Waals surface area contributed by atoms with Crippen LogP contribution in [0.1, 0.15) is 0 Å². The van der Waals surface area contributed by atoms with Crippen molar-refractivity contribution >= 4 is 21.9 Å². The normalized spacial score (nSPS) is 11.1. The molecular formula is C13H10O3.